The molecule has 1 heterocycles. The number of fused-ring (bicyclic) bond motifs is 1. The molecular formula is C19H19NO6S. The lowest BCUT2D eigenvalue weighted by Gasteiger charge is -2.30. The van der Waals surface area contributed by atoms with Crippen LogP contribution in [-0.2, 0) is 10.0 Å². The van der Waals surface area contributed by atoms with Crippen molar-refractivity contribution in [3.8, 4) is 11.5 Å². The summed E-state index contributed by atoms with van der Waals surface area (Å²) in [5, 5.41) is 9.35. The summed E-state index contributed by atoms with van der Waals surface area (Å²) in [6.45, 7) is -0.650. The Morgan fingerprint density at radius 2 is 1.70 bits per heavy atom. The number of nitrogens with zero attached hydrogens (tertiary/aromatic N) is 1. The summed E-state index contributed by atoms with van der Waals surface area (Å²) in [6, 6.07) is 11.0. The number of sulfonamides is 1. The molecular weight excluding hydrogens is 370 g/mol. The van der Waals surface area contributed by atoms with Gasteiger partial charge in [-0.05, 0) is 35.9 Å². The molecule has 0 unspecified atom stereocenters. The molecule has 27 heavy (non-hydrogen) atoms. The van der Waals surface area contributed by atoms with Crippen LogP contribution in [0.4, 0.5) is 0 Å². The molecule has 0 saturated carbocycles. The molecule has 2 aromatic rings. The van der Waals surface area contributed by atoms with Gasteiger partial charge in [0.05, 0.1) is 32.3 Å². The standard InChI is InChI=1S/C19H19NO6S/c1-25-14-9-13(10-15(12-14)26-2)11-17-19(22)16-5-3-4-6-18(16)27(23,24)20(17)7-8-21/h3-6,9-12,21H,7-8H2,1-2H3. The molecule has 0 radical (unpaired) electrons. The van der Waals surface area contributed by atoms with Crippen molar-refractivity contribution in [3.05, 3.63) is 59.3 Å². The number of ketones is 1. The van der Waals surface area contributed by atoms with Crippen LogP contribution >= 0.6 is 0 Å². The van der Waals surface area contributed by atoms with Gasteiger partial charge in [-0.2, -0.15) is 0 Å². The summed E-state index contributed by atoms with van der Waals surface area (Å²) in [5.41, 5.74) is 0.595. The van der Waals surface area contributed by atoms with Gasteiger partial charge < -0.3 is 14.6 Å². The zero-order valence-corrected chi connectivity index (χ0v) is 15.7. The van der Waals surface area contributed by atoms with Crippen LogP contribution in [0.3, 0.4) is 0 Å². The Bertz CT molecular complexity index is 990. The highest BCUT2D eigenvalue weighted by Gasteiger charge is 2.38. The number of allylic oxidation sites excluding steroid dienone is 1. The van der Waals surface area contributed by atoms with E-state index >= 15 is 0 Å². The van der Waals surface area contributed by atoms with E-state index in [1.165, 1.54) is 32.4 Å². The normalized spacial score (nSPS) is 16.9. The summed E-state index contributed by atoms with van der Waals surface area (Å²) in [7, 11) is -0.964. The largest absolute Gasteiger partial charge is 0.497 e. The number of aliphatic hydroxyl groups excluding tert-OH is 1. The molecule has 1 aliphatic rings. The molecule has 0 saturated heterocycles. The number of ether oxygens (including phenoxy) is 2. The number of rotatable bonds is 5. The summed E-state index contributed by atoms with van der Waals surface area (Å²) >= 11 is 0. The fraction of sp³-hybridized carbons (Fsp3) is 0.211. The third-order valence-electron chi connectivity index (χ3n) is 4.18. The predicted molar refractivity (Wildman–Crippen MR) is 99.3 cm³/mol. The topological polar surface area (TPSA) is 93.1 Å². The zero-order chi connectivity index (χ0) is 19.6. The highest BCUT2D eigenvalue weighted by Crippen LogP contribution is 2.33. The van der Waals surface area contributed by atoms with Gasteiger partial charge in [0.25, 0.3) is 10.0 Å². The summed E-state index contributed by atoms with van der Waals surface area (Å²) < 4.78 is 37.3. The molecule has 0 aromatic heterocycles. The first-order valence-corrected chi connectivity index (χ1v) is 9.58. The molecule has 7 nitrogen and oxygen atoms in total. The van der Waals surface area contributed by atoms with Gasteiger partial charge in [-0.15, -0.1) is 0 Å². The average molecular weight is 389 g/mol. The van der Waals surface area contributed by atoms with Crippen LogP contribution in [0.15, 0.2) is 53.1 Å². The lowest BCUT2D eigenvalue weighted by Crippen LogP contribution is -2.40. The fourth-order valence-corrected chi connectivity index (χ4v) is 4.56. The quantitative estimate of drug-likeness (QED) is 0.786. The number of carbonyl (C=O) groups is 1. The minimum Gasteiger partial charge on any atom is -0.497 e. The molecule has 0 bridgehead atoms. The van der Waals surface area contributed by atoms with E-state index in [1.54, 1.807) is 30.3 Å². The Labute approximate surface area is 157 Å². The number of hydrogen-bond donors (Lipinski definition) is 1. The molecule has 0 atom stereocenters. The molecule has 3 rings (SSSR count). The van der Waals surface area contributed by atoms with E-state index < -0.39 is 22.4 Å². The first-order valence-electron chi connectivity index (χ1n) is 8.14. The van der Waals surface area contributed by atoms with Gasteiger partial charge in [-0.1, -0.05) is 12.1 Å². The van der Waals surface area contributed by atoms with Gasteiger partial charge >= 0.3 is 0 Å². The summed E-state index contributed by atoms with van der Waals surface area (Å²) in [6.07, 6.45) is 1.45. The van der Waals surface area contributed by atoms with Gasteiger partial charge in [0.2, 0.25) is 5.78 Å². The fourth-order valence-electron chi connectivity index (χ4n) is 2.92. The SMILES string of the molecule is COc1cc(C=C2C(=O)c3ccccc3S(=O)(=O)N2CCO)cc(OC)c1. The number of β-amino-alcohol motifs (C(OH)–C–C–N with tert-alkyl or cyclic N) is 1. The van der Waals surface area contributed by atoms with Crippen LogP contribution < -0.4 is 9.47 Å². The third-order valence-corrected chi connectivity index (χ3v) is 6.05. The van der Waals surface area contributed by atoms with E-state index in [1.807, 2.05) is 0 Å². The summed E-state index contributed by atoms with van der Waals surface area (Å²) in [5.74, 6) is 0.568. The average Bonchev–Trinajstić information content (AvgIpc) is 2.68. The van der Waals surface area contributed by atoms with Crippen LogP contribution in [0.1, 0.15) is 15.9 Å². The Hall–Kier alpha value is -2.84. The minimum absolute atomic E-state index is 0.0435. The van der Waals surface area contributed by atoms with Gasteiger partial charge in [0.1, 0.15) is 17.2 Å². The van der Waals surface area contributed by atoms with E-state index in [2.05, 4.69) is 0 Å². The molecule has 0 spiro atoms. The maximum Gasteiger partial charge on any atom is 0.265 e. The van der Waals surface area contributed by atoms with Gasteiger partial charge in [0.15, 0.2) is 0 Å². The number of methoxy groups -OCH3 is 2. The first kappa shape index (κ1) is 18.9. The van der Waals surface area contributed by atoms with Gasteiger partial charge in [-0.3, -0.25) is 9.10 Å². The van der Waals surface area contributed by atoms with Crippen molar-refractivity contribution in [1.82, 2.24) is 4.31 Å². The first-order chi connectivity index (χ1) is 12.9. The van der Waals surface area contributed by atoms with Crippen LogP contribution in [0, 0.1) is 0 Å². The second kappa shape index (κ2) is 7.42. The van der Waals surface area contributed by atoms with Crippen molar-refractivity contribution in [2.24, 2.45) is 0 Å². The molecule has 0 fully saturated rings. The highest BCUT2D eigenvalue weighted by atomic mass is 32.2. The Morgan fingerprint density at radius 1 is 1.07 bits per heavy atom. The van der Waals surface area contributed by atoms with Crippen LogP contribution in [-0.4, -0.2) is 51.0 Å². The van der Waals surface area contributed by atoms with Crippen LogP contribution in [0.2, 0.25) is 0 Å². The van der Waals surface area contributed by atoms with Crippen molar-refractivity contribution >= 4 is 21.9 Å². The number of Topliss-reactive ketones (excluding diaryl/α,β-unsaturated/α-hetero) is 1. The highest BCUT2D eigenvalue weighted by molar-refractivity contribution is 7.89. The van der Waals surface area contributed by atoms with E-state index in [9.17, 15) is 18.3 Å². The Kier molecular flexibility index (Phi) is 5.20. The molecule has 142 valence electrons. The molecule has 0 aliphatic carbocycles. The van der Waals surface area contributed by atoms with E-state index in [4.69, 9.17) is 9.47 Å². The predicted octanol–water partition coefficient (Wildman–Crippen LogP) is 1.92. The van der Waals surface area contributed by atoms with Crippen molar-refractivity contribution in [1.29, 1.82) is 0 Å². The monoisotopic (exact) mass is 389 g/mol. The maximum atomic E-state index is 13.0. The lowest BCUT2D eigenvalue weighted by molar-refractivity contribution is 0.0998. The molecule has 1 N–H and O–H groups in total. The lowest BCUT2D eigenvalue weighted by atomic mass is 10.0. The minimum atomic E-state index is -3.96. The zero-order valence-electron chi connectivity index (χ0n) is 14.9. The molecule has 2 aromatic carbocycles. The Morgan fingerprint density at radius 3 is 2.30 bits per heavy atom. The van der Waals surface area contributed by atoms with E-state index in [0.29, 0.717) is 17.1 Å². The van der Waals surface area contributed by atoms with Crippen molar-refractivity contribution in [3.63, 3.8) is 0 Å². The molecule has 1 aliphatic heterocycles. The van der Waals surface area contributed by atoms with Crippen LogP contribution in [0.25, 0.3) is 6.08 Å². The number of hydrogen-bond acceptors (Lipinski definition) is 6. The van der Waals surface area contributed by atoms with Gasteiger partial charge in [0, 0.05) is 11.6 Å². The van der Waals surface area contributed by atoms with Crippen molar-refractivity contribution in [2.45, 2.75) is 4.90 Å². The van der Waals surface area contributed by atoms with Crippen LogP contribution in [0.5, 0.6) is 11.5 Å². The van der Waals surface area contributed by atoms with Gasteiger partial charge in [-0.25, -0.2) is 8.42 Å². The smallest absolute Gasteiger partial charge is 0.265 e. The number of aliphatic hydroxyl groups is 1. The summed E-state index contributed by atoms with van der Waals surface area (Å²) in [4.78, 5) is 12.9. The second-order valence-electron chi connectivity index (χ2n) is 5.80. The Balaban J connectivity index is 2.21. The number of carbonyl (C=O) groups excluding carboxylic acids is 1. The van der Waals surface area contributed by atoms with E-state index in [-0.39, 0.29) is 22.7 Å². The maximum absolute atomic E-state index is 13.0. The second-order valence-corrected chi connectivity index (χ2v) is 7.63. The van der Waals surface area contributed by atoms with E-state index in [0.717, 1.165) is 4.31 Å². The molecule has 8 heteroatoms. The third kappa shape index (κ3) is 3.41. The van der Waals surface area contributed by atoms with Crippen molar-refractivity contribution in [2.75, 3.05) is 27.4 Å². The molecule has 0 amide bonds. The van der Waals surface area contributed by atoms with Crippen molar-refractivity contribution < 1.29 is 27.8 Å². The number of benzene rings is 2.